The highest BCUT2D eigenvalue weighted by Gasteiger charge is 2.07. The predicted octanol–water partition coefficient (Wildman–Crippen LogP) is 1.82. The lowest BCUT2D eigenvalue weighted by molar-refractivity contribution is 0.0685. The maximum absolute atomic E-state index is 10.9. The van der Waals surface area contributed by atoms with E-state index in [4.69, 9.17) is 5.11 Å². The number of hydrogen-bond acceptors (Lipinski definition) is 2. The molecule has 0 aliphatic carbocycles. The standard InChI is InChI=1S/C12H12N2O2/c15-12(16)11-2-1-8-14(11)9-5-10-3-6-13-7-4-10/h1-4,6-8H,5,9H2,(H,15,16). The largest absolute Gasteiger partial charge is 0.477 e. The van der Waals surface area contributed by atoms with E-state index in [1.807, 2.05) is 12.1 Å². The highest BCUT2D eigenvalue weighted by molar-refractivity contribution is 5.85. The van der Waals surface area contributed by atoms with Crippen LogP contribution < -0.4 is 0 Å². The maximum Gasteiger partial charge on any atom is 0.352 e. The van der Waals surface area contributed by atoms with Crippen LogP contribution in [0.15, 0.2) is 42.9 Å². The smallest absolute Gasteiger partial charge is 0.352 e. The van der Waals surface area contributed by atoms with E-state index in [2.05, 4.69) is 4.98 Å². The van der Waals surface area contributed by atoms with Crippen molar-refractivity contribution in [1.29, 1.82) is 0 Å². The summed E-state index contributed by atoms with van der Waals surface area (Å²) in [5, 5.41) is 8.92. The van der Waals surface area contributed by atoms with Gasteiger partial charge in [0.2, 0.25) is 0 Å². The number of aryl methyl sites for hydroxylation is 2. The van der Waals surface area contributed by atoms with Gasteiger partial charge in [-0.1, -0.05) is 0 Å². The van der Waals surface area contributed by atoms with Crippen LogP contribution in [0.25, 0.3) is 0 Å². The molecule has 2 aromatic heterocycles. The molecule has 0 saturated heterocycles. The molecule has 4 nitrogen and oxygen atoms in total. The highest BCUT2D eigenvalue weighted by atomic mass is 16.4. The van der Waals surface area contributed by atoms with Crippen LogP contribution in [-0.2, 0) is 13.0 Å². The van der Waals surface area contributed by atoms with Crippen LogP contribution in [0.2, 0.25) is 0 Å². The van der Waals surface area contributed by atoms with Crippen LogP contribution in [0.4, 0.5) is 0 Å². The summed E-state index contributed by atoms with van der Waals surface area (Å²) < 4.78 is 1.74. The summed E-state index contributed by atoms with van der Waals surface area (Å²) in [7, 11) is 0. The third-order valence-electron chi connectivity index (χ3n) is 2.44. The molecule has 1 N–H and O–H groups in total. The lowest BCUT2D eigenvalue weighted by Gasteiger charge is -2.05. The fourth-order valence-electron chi connectivity index (χ4n) is 1.60. The Morgan fingerprint density at radius 3 is 2.75 bits per heavy atom. The van der Waals surface area contributed by atoms with Gasteiger partial charge in [0.25, 0.3) is 0 Å². The van der Waals surface area contributed by atoms with Gasteiger partial charge in [0, 0.05) is 25.1 Å². The normalized spacial score (nSPS) is 10.2. The fourth-order valence-corrected chi connectivity index (χ4v) is 1.60. The Morgan fingerprint density at radius 1 is 1.31 bits per heavy atom. The van der Waals surface area contributed by atoms with Crippen molar-refractivity contribution in [2.24, 2.45) is 0 Å². The molecule has 0 atom stereocenters. The Labute approximate surface area is 93.2 Å². The summed E-state index contributed by atoms with van der Waals surface area (Å²) in [4.78, 5) is 14.8. The minimum absolute atomic E-state index is 0.328. The maximum atomic E-state index is 10.9. The van der Waals surface area contributed by atoms with Crippen molar-refractivity contribution < 1.29 is 9.90 Å². The van der Waals surface area contributed by atoms with E-state index in [0.29, 0.717) is 12.2 Å². The van der Waals surface area contributed by atoms with Crippen molar-refractivity contribution >= 4 is 5.97 Å². The van der Waals surface area contributed by atoms with Crippen LogP contribution >= 0.6 is 0 Å². The molecule has 0 bridgehead atoms. The lowest BCUT2D eigenvalue weighted by Crippen LogP contribution is -2.09. The molecule has 2 rings (SSSR count). The average Bonchev–Trinajstić information content (AvgIpc) is 2.76. The van der Waals surface area contributed by atoms with Crippen molar-refractivity contribution in [3.05, 3.63) is 54.1 Å². The molecule has 4 heteroatoms. The van der Waals surface area contributed by atoms with Crippen LogP contribution in [0.1, 0.15) is 16.1 Å². The van der Waals surface area contributed by atoms with Crippen LogP contribution in [0, 0.1) is 0 Å². The molecule has 0 amide bonds. The molecule has 0 aromatic carbocycles. The Morgan fingerprint density at radius 2 is 2.06 bits per heavy atom. The van der Waals surface area contributed by atoms with E-state index in [9.17, 15) is 4.79 Å². The van der Waals surface area contributed by atoms with E-state index in [0.717, 1.165) is 12.0 Å². The second kappa shape index (κ2) is 4.61. The molecule has 2 aromatic rings. The summed E-state index contributed by atoms with van der Waals surface area (Å²) >= 11 is 0. The zero-order chi connectivity index (χ0) is 11.4. The first-order valence-electron chi connectivity index (χ1n) is 5.05. The molecular formula is C12H12N2O2. The first-order valence-corrected chi connectivity index (χ1v) is 5.05. The van der Waals surface area contributed by atoms with Gasteiger partial charge in [-0.15, -0.1) is 0 Å². The minimum atomic E-state index is -0.889. The average molecular weight is 216 g/mol. The second-order valence-corrected chi connectivity index (χ2v) is 3.50. The topological polar surface area (TPSA) is 55.1 Å². The Balaban J connectivity index is 2.05. The molecule has 0 saturated carbocycles. The van der Waals surface area contributed by atoms with Gasteiger partial charge in [-0.05, 0) is 36.2 Å². The minimum Gasteiger partial charge on any atom is -0.477 e. The number of aromatic nitrogens is 2. The SMILES string of the molecule is O=C(O)c1cccn1CCc1ccncc1. The molecule has 16 heavy (non-hydrogen) atoms. The van der Waals surface area contributed by atoms with E-state index in [1.165, 1.54) is 0 Å². The fraction of sp³-hybridized carbons (Fsp3) is 0.167. The van der Waals surface area contributed by atoms with Gasteiger partial charge < -0.3 is 9.67 Å². The third-order valence-corrected chi connectivity index (χ3v) is 2.44. The molecule has 0 radical (unpaired) electrons. The first kappa shape index (κ1) is 10.4. The number of carboxylic acid groups (broad SMARTS) is 1. The summed E-state index contributed by atoms with van der Waals surface area (Å²) in [5.41, 5.74) is 1.48. The molecular weight excluding hydrogens is 204 g/mol. The number of aromatic carboxylic acids is 1. The van der Waals surface area contributed by atoms with Gasteiger partial charge in [-0.25, -0.2) is 4.79 Å². The second-order valence-electron chi connectivity index (χ2n) is 3.50. The number of carboxylic acids is 1. The van der Waals surface area contributed by atoms with Gasteiger partial charge in [-0.2, -0.15) is 0 Å². The molecule has 2 heterocycles. The summed E-state index contributed by atoms with van der Waals surface area (Å²) in [6.07, 6.45) is 6.06. The molecule has 82 valence electrons. The van der Waals surface area contributed by atoms with Gasteiger partial charge >= 0.3 is 5.97 Å². The molecule has 0 spiro atoms. The van der Waals surface area contributed by atoms with Crippen LogP contribution in [0.3, 0.4) is 0 Å². The van der Waals surface area contributed by atoms with E-state index in [1.54, 1.807) is 35.3 Å². The number of nitrogens with zero attached hydrogens (tertiary/aromatic N) is 2. The quantitative estimate of drug-likeness (QED) is 0.848. The predicted molar refractivity (Wildman–Crippen MR) is 59.3 cm³/mol. The van der Waals surface area contributed by atoms with Crippen molar-refractivity contribution in [3.63, 3.8) is 0 Å². The number of carbonyl (C=O) groups is 1. The van der Waals surface area contributed by atoms with Gasteiger partial charge in [0.15, 0.2) is 0 Å². The number of pyridine rings is 1. The summed E-state index contributed by atoms with van der Waals surface area (Å²) in [6.45, 7) is 0.665. The monoisotopic (exact) mass is 216 g/mol. The molecule has 0 aliphatic heterocycles. The van der Waals surface area contributed by atoms with Crippen molar-refractivity contribution in [2.45, 2.75) is 13.0 Å². The summed E-state index contributed by atoms with van der Waals surface area (Å²) in [5.74, 6) is -0.889. The van der Waals surface area contributed by atoms with Gasteiger partial charge in [0.05, 0.1) is 0 Å². The molecule has 0 fully saturated rings. The van der Waals surface area contributed by atoms with Gasteiger partial charge in [0.1, 0.15) is 5.69 Å². The van der Waals surface area contributed by atoms with Crippen molar-refractivity contribution in [2.75, 3.05) is 0 Å². The lowest BCUT2D eigenvalue weighted by atomic mass is 10.2. The van der Waals surface area contributed by atoms with Crippen molar-refractivity contribution in [3.8, 4) is 0 Å². The highest BCUT2D eigenvalue weighted by Crippen LogP contribution is 2.05. The molecule has 0 unspecified atom stereocenters. The van der Waals surface area contributed by atoms with Gasteiger partial charge in [-0.3, -0.25) is 4.98 Å². The Hall–Kier alpha value is -2.10. The van der Waals surface area contributed by atoms with Crippen LogP contribution in [0.5, 0.6) is 0 Å². The third kappa shape index (κ3) is 2.28. The number of hydrogen-bond donors (Lipinski definition) is 1. The van der Waals surface area contributed by atoms with Crippen LogP contribution in [-0.4, -0.2) is 20.6 Å². The Kier molecular flexibility index (Phi) is 3.00. The zero-order valence-electron chi connectivity index (χ0n) is 8.71. The zero-order valence-corrected chi connectivity index (χ0v) is 8.71. The Bertz CT molecular complexity index is 477. The summed E-state index contributed by atoms with van der Waals surface area (Å²) in [6, 6.07) is 7.22. The van der Waals surface area contributed by atoms with E-state index >= 15 is 0 Å². The van der Waals surface area contributed by atoms with Crippen molar-refractivity contribution in [1.82, 2.24) is 9.55 Å². The first-order chi connectivity index (χ1) is 7.77. The molecule has 0 aliphatic rings. The number of rotatable bonds is 4. The van der Waals surface area contributed by atoms with E-state index in [-0.39, 0.29) is 0 Å². The van der Waals surface area contributed by atoms with E-state index < -0.39 is 5.97 Å².